The maximum Gasteiger partial charge on any atom is 0.150 e. The average Bonchev–Trinajstić information content (AvgIpc) is 2.84. The van der Waals surface area contributed by atoms with Crippen molar-refractivity contribution >= 4 is 0 Å². The van der Waals surface area contributed by atoms with Crippen molar-refractivity contribution < 1.29 is 0 Å². The van der Waals surface area contributed by atoms with E-state index in [1.54, 1.807) is 6.20 Å². The summed E-state index contributed by atoms with van der Waals surface area (Å²) in [6, 6.07) is 5.88. The summed E-state index contributed by atoms with van der Waals surface area (Å²) in [6.07, 6.45) is 6.72. The number of nitrogens with one attached hydrogen (secondary N) is 1. The van der Waals surface area contributed by atoms with E-state index in [4.69, 9.17) is 5.73 Å². The van der Waals surface area contributed by atoms with Crippen molar-refractivity contribution in [3.63, 3.8) is 0 Å². The van der Waals surface area contributed by atoms with E-state index < -0.39 is 0 Å². The molecule has 0 aliphatic carbocycles. The standard InChI is InChI=1S/C13H19N5/c14-8-4-1-2-7-12-16-13(18-17-12)10-11-6-3-5-9-15-11/h3,5-6,9H,1-2,4,7-8,10,14H2,(H,16,17,18). The summed E-state index contributed by atoms with van der Waals surface area (Å²) in [4.78, 5) is 8.73. The molecule has 18 heavy (non-hydrogen) atoms. The lowest BCUT2D eigenvalue weighted by molar-refractivity contribution is 0.670. The third kappa shape index (κ3) is 3.92. The van der Waals surface area contributed by atoms with Gasteiger partial charge in [0, 0.05) is 24.7 Å². The van der Waals surface area contributed by atoms with Crippen LogP contribution in [0.2, 0.25) is 0 Å². The van der Waals surface area contributed by atoms with Crippen LogP contribution in [-0.4, -0.2) is 26.7 Å². The monoisotopic (exact) mass is 245 g/mol. The molecule has 0 fully saturated rings. The second-order valence-electron chi connectivity index (χ2n) is 4.30. The van der Waals surface area contributed by atoms with Crippen LogP contribution in [0.4, 0.5) is 0 Å². The Morgan fingerprint density at radius 3 is 2.89 bits per heavy atom. The lowest BCUT2D eigenvalue weighted by atomic mass is 10.2. The van der Waals surface area contributed by atoms with Crippen LogP contribution >= 0.6 is 0 Å². The number of H-pyrrole nitrogens is 1. The second-order valence-corrected chi connectivity index (χ2v) is 4.30. The van der Waals surface area contributed by atoms with Crippen molar-refractivity contribution in [3.05, 3.63) is 41.7 Å². The molecule has 2 aromatic heterocycles. The fraction of sp³-hybridized carbons (Fsp3) is 0.462. The molecule has 2 heterocycles. The molecular weight excluding hydrogens is 226 g/mol. The highest BCUT2D eigenvalue weighted by Crippen LogP contribution is 2.05. The third-order valence-corrected chi connectivity index (χ3v) is 2.76. The fourth-order valence-corrected chi connectivity index (χ4v) is 1.80. The Hall–Kier alpha value is -1.75. The number of unbranched alkanes of at least 4 members (excludes halogenated alkanes) is 2. The molecular formula is C13H19N5. The molecule has 0 radical (unpaired) electrons. The molecule has 0 aromatic carbocycles. The number of pyridine rings is 1. The quantitative estimate of drug-likeness (QED) is 0.724. The van der Waals surface area contributed by atoms with Crippen molar-refractivity contribution in [2.24, 2.45) is 5.73 Å². The van der Waals surface area contributed by atoms with E-state index in [1.807, 2.05) is 18.2 Å². The summed E-state index contributed by atoms with van der Waals surface area (Å²) in [6.45, 7) is 0.763. The summed E-state index contributed by atoms with van der Waals surface area (Å²) in [7, 11) is 0. The van der Waals surface area contributed by atoms with Gasteiger partial charge in [-0.15, -0.1) is 0 Å². The molecule has 0 spiro atoms. The minimum absolute atomic E-state index is 0.705. The Kier molecular flexibility index (Phi) is 4.84. The number of hydrogen-bond donors (Lipinski definition) is 2. The van der Waals surface area contributed by atoms with Gasteiger partial charge in [0.2, 0.25) is 0 Å². The van der Waals surface area contributed by atoms with Crippen molar-refractivity contribution in [2.75, 3.05) is 6.54 Å². The molecule has 0 amide bonds. The van der Waals surface area contributed by atoms with Gasteiger partial charge in [0.15, 0.2) is 5.82 Å². The van der Waals surface area contributed by atoms with Crippen molar-refractivity contribution in [1.29, 1.82) is 0 Å². The van der Waals surface area contributed by atoms with Crippen LogP contribution in [0.1, 0.15) is 36.6 Å². The van der Waals surface area contributed by atoms with Gasteiger partial charge in [0.25, 0.3) is 0 Å². The van der Waals surface area contributed by atoms with E-state index >= 15 is 0 Å². The predicted octanol–water partition coefficient (Wildman–Crippen LogP) is 1.46. The van der Waals surface area contributed by atoms with E-state index in [1.165, 1.54) is 0 Å². The topological polar surface area (TPSA) is 80.5 Å². The van der Waals surface area contributed by atoms with Crippen molar-refractivity contribution in [1.82, 2.24) is 20.2 Å². The highest BCUT2D eigenvalue weighted by atomic mass is 15.2. The Morgan fingerprint density at radius 2 is 2.11 bits per heavy atom. The smallest absolute Gasteiger partial charge is 0.150 e. The lowest BCUT2D eigenvalue weighted by Crippen LogP contribution is -1.98. The maximum absolute atomic E-state index is 5.45. The van der Waals surface area contributed by atoms with E-state index in [2.05, 4.69) is 20.2 Å². The summed E-state index contributed by atoms with van der Waals surface area (Å²) in [5.41, 5.74) is 6.46. The van der Waals surface area contributed by atoms with Crippen LogP contribution in [0.25, 0.3) is 0 Å². The molecule has 3 N–H and O–H groups in total. The fourth-order valence-electron chi connectivity index (χ4n) is 1.80. The van der Waals surface area contributed by atoms with Crippen LogP contribution in [0.3, 0.4) is 0 Å². The van der Waals surface area contributed by atoms with E-state index in [0.717, 1.165) is 49.6 Å². The zero-order valence-corrected chi connectivity index (χ0v) is 10.5. The molecule has 0 aliphatic heterocycles. The Bertz CT molecular complexity index is 451. The molecule has 0 bridgehead atoms. The molecule has 2 aromatic rings. The zero-order valence-electron chi connectivity index (χ0n) is 10.5. The minimum Gasteiger partial charge on any atom is -0.330 e. The van der Waals surface area contributed by atoms with Gasteiger partial charge in [-0.05, 0) is 31.5 Å². The normalized spacial score (nSPS) is 10.7. The highest BCUT2D eigenvalue weighted by molar-refractivity contribution is 5.09. The van der Waals surface area contributed by atoms with Gasteiger partial charge in [0.1, 0.15) is 5.82 Å². The first kappa shape index (κ1) is 12.7. The average molecular weight is 245 g/mol. The molecule has 96 valence electrons. The maximum atomic E-state index is 5.45. The third-order valence-electron chi connectivity index (χ3n) is 2.76. The van der Waals surface area contributed by atoms with E-state index in [0.29, 0.717) is 6.42 Å². The molecule has 0 saturated carbocycles. The highest BCUT2D eigenvalue weighted by Gasteiger charge is 2.04. The van der Waals surface area contributed by atoms with Gasteiger partial charge < -0.3 is 5.73 Å². The second kappa shape index (κ2) is 6.86. The summed E-state index contributed by atoms with van der Waals surface area (Å²) in [5.74, 6) is 1.76. The SMILES string of the molecule is NCCCCCc1n[nH]c(Cc2ccccn2)n1. The van der Waals surface area contributed by atoms with Gasteiger partial charge in [-0.2, -0.15) is 5.10 Å². The Labute approximate surface area is 107 Å². The van der Waals surface area contributed by atoms with Gasteiger partial charge >= 0.3 is 0 Å². The molecule has 2 rings (SSSR count). The molecule has 0 aliphatic rings. The van der Waals surface area contributed by atoms with Crippen molar-refractivity contribution in [2.45, 2.75) is 32.1 Å². The molecule has 0 unspecified atom stereocenters. The largest absolute Gasteiger partial charge is 0.330 e. The number of hydrogen-bond acceptors (Lipinski definition) is 4. The van der Waals surface area contributed by atoms with Gasteiger partial charge in [-0.25, -0.2) is 4.98 Å². The zero-order chi connectivity index (χ0) is 12.6. The van der Waals surface area contributed by atoms with Crippen LogP contribution < -0.4 is 5.73 Å². The van der Waals surface area contributed by atoms with Gasteiger partial charge in [0.05, 0.1) is 0 Å². The van der Waals surface area contributed by atoms with Crippen molar-refractivity contribution in [3.8, 4) is 0 Å². The molecule has 5 heteroatoms. The lowest BCUT2D eigenvalue weighted by Gasteiger charge is -1.96. The first-order valence-electron chi connectivity index (χ1n) is 6.38. The predicted molar refractivity (Wildman–Crippen MR) is 70.0 cm³/mol. The van der Waals surface area contributed by atoms with Crippen LogP contribution in [-0.2, 0) is 12.8 Å². The first-order chi connectivity index (χ1) is 8.88. The van der Waals surface area contributed by atoms with E-state index in [9.17, 15) is 0 Å². The number of aryl methyl sites for hydroxylation is 1. The number of nitrogens with zero attached hydrogens (tertiary/aromatic N) is 3. The number of aromatic amines is 1. The minimum atomic E-state index is 0.705. The van der Waals surface area contributed by atoms with E-state index in [-0.39, 0.29) is 0 Å². The number of nitrogens with two attached hydrogens (primary N) is 1. The Morgan fingerprint density at radius 1 is 1.17 bits per heavy atom. The summed E-state index contributed by atoms with van der Waals surface area (Å²) >= 11 is 0. The molecule has 5 nitrogen and oxygen atoms in total. The summed E-state index contributed by atoms with van der Waals surface area (Å²) in [5, 5.41) is 7.18. The summed E-state index contributed by atoms with van der Waals surface area (Å²) < 4.78 is 0. The number of rotatable bonds is 7. The first-order valence-corrected chi connectivity index (χ1v) is 6.38. The van der Waals surface area contributed by atoms with Crippen LogP contribution in [0, 0.1) is 0 Å². The van der Waals surface area contributed by atoms with Crippen LogP contribution in [0.15, 0.2) is 24.4 Å². The Balaban J connectivity index is 1.83. The molecule has 0 saturated heterocycles. The van der Waals surface area contributed by atoms with Gasteiger partial charge in [-0.3, -0.25) is 10.1 Å². The van der Waals surface area contributed by atoms with Crippen LogP contribution in [0.5, 0.6) is 0 Å². The van der Waals surface area contributed by atoms with Gasteiger partial charge in [-0.1, -0.05) is 12.5 Å². The molecule has 0 atom stereocenters. The number of aromatic nitrogens is 4.